The van der Waals surface area contributed by atoms with Crippen LogP contribution in [0.1, 0.15) is 34.1 Å². The van der Waals surface area contributed by atoms with Crippen LogP contribution in [0.5, 0.6) is 0 Å². The van der Waals surface area contributed by atoms with E-state index >= 15 is 0 Å². The monoisotopic (exact) mass is 314 g/mol. The summed E-state index contributed by atoms with van der Waals surface area (Å²) in [7, 11) is 0. The van der Waals surface area contributed by atoms with E-state index in [0.29, 0.717) is 26.1 Å². The van der Waals surface area contributed by atoms with Crippen molar-refractivity contribution in [1.29, 1.82) is 0 Å². The number of ether oxygens (including phenoxy) is 1. The summed E-state index contributed by atoms with van der Waals surface area (Å²) < 4.78 is 5.18. The fraction of sp³-hybridized carbons (Fsp3) is 0.867. The van der Waals surface area contributed by atoms with E-state index in [2.05, 4.69) is 10.2 Å². The lowest BCUT2D eigenvalue weighted by molar-refractivity contribution is -0.134. The van der Waals surface area contributed by atoms with Crippen molar-refractivity contribution in [2.45, 2.75) is 45.8 Å². The Labute approximate surface area is 133 Å². The Morgan fingerprint density at radius 3 is 2.32 bits per heavy atom. The highest BCUT2D eigenvalue weighted by molar-refractivity contribution is 5.81. The lowest BCUT2D eigenvalue weighted by Crippen LogP contribution is -2.53. The maximum atomic E-state index is 12.0. The largest absolute Gasteiger partial charge is 0.444 e. The maximum absolute atomic E-state index is 12.0. The molecule has 1 aliphatic rings. The Morgan fingerprint density at radius 1 is 1.23 bits per heavy atom. The van der Waals surface area contributed by atoms with Crippen LogP contribution in [0.3, 0.4) is 0 Å². The molecule has 128 valence electrons. The van der Waals surface area contributed by atoms with Crippen LogP contribution in [0.4, 0.5) is 4.79 Å². The highest BCUT2D eigenvalue weighted by Crippen LogP contribution is 2.07. The van der Waals surface area contributed by atoms with Gasteiger partial charge in [-0.25, -0.2) is 4.79 Å². The van der Waals surface area contributed by atoms with Gasteiger partial charge in [-0.2, -0.15) is 0 Å². The topological polar surface area (TPSA) is 87.9 Å². The second-order valence-electron chi connectivity index (χ2n) is 6.61. The molecule has 1 aliphatic heterocycles. The number of piperazine rings is 1. The minimum absolute atomic E-state index is 0.0361. The summed E-state index contributed by atoms with van der Waals surface area (Å²) in [6, 6.07) is -0.389. The molecular formula is C15H30N4O3. The third-order valence-corrected chi connectivity index (χ3v) is 3.54. The quantitative estimate of drug-likeness (QED) is 0.766. The van der Waals surface area contributed by atoms with Crippen molar-refractivity contribution in [3.05, 3.63) is 0 Å². The van der Waals surface area contributed by atoms with Gasteiger partial charge in [0.2, 0.25) is 5.91 Å². The second kappa shape index (κ2) is 8.33. The van der Waals surface area contributed by atoms with Gasteiger partial charge in [-0.1, -0.05) is 6.92 Å². The van der Waals surface area contributed by atoms with E-state index in [9.17, 15) is 9.59 Å². The number of carbonyl (C=O) groups is 2. The molecule has 0 saturated carbocycles. The molecule has 0 radical (unpaired) electrons. The molecular weight excluding hydrogens is 284 g/mol. The Morgan fingerprint density at radius 2 is 1.82 bits per heavy atom. The second-order valence-corrected chi connectivity index (χ2v) is 6.61. The van der Waals surface area contributed by atoms with Gasteiger partial charge in [0.05, 0.1) is 6.04 Å². The number of carbonyl (C=O) groups excluding carboxylic acids is 2. The van der Waals surface area contributed by atoms with Crippen LogP contribution < -0.4 is 11.1 Å². The molecule has 0 aromatic heterocycles. The van der Waals surface area contributed by atoms with Crippen molar-refractivity contribution >= 4 is 12.0 Å². The molecule has 1 fully saturated rings. The van der Waals surface area contributed by atoms with Crippen molar-refractivity contribution in [2.24, 2.45) is 5.73 Å². The molecule has 3 N–H and O–H groups in total. The first-order valence-electron chi connectivity index (χ1n) is 7.96. The minimum Gasteiger partial charge on any atom is -0.444 e. The molecule has 1 atom stereocenters. The first-order chi connectivity index (χ1) is 10.2. The summed E-state index contributed by atoms with van der Waals surface area (Å²) in [6.45, 7) is 11.7. The van der Waals surface area contributed by atoms with Gasteiger partial charge < -0.3 is 20.7 Å². The molecule has 7 heteroatoms. The highest BCUT2D eigenvalue weighted by Gasteiger charge is 2.24. The minimum atomic E-state index is -0.478. The number of amides is 2. The fourth-order valence-electron chi connectivity index (χ4n) is 2.23. The Balaban J connectivity index is 2.21. The van der Waals surface area contributed by atoms with Gasteiger partial charge in [0.15, 0.2) is 0 Å². The Kier molecular flexibility index (Phi) is 7.09. The van der Waals surface area contributed by atoms with Gasteiger partial charge in [-0.15, -0.1) is 0 Å². The molecule has 0 spiro atoms. The van der Waals surface area contributed by atoms with Gasteiger partial charge in [-0.3, -0.25) is 9.69 Å². The van der Waals surface area contributed by atoms with E-state index in [1.807, 2.05) is 32.6 Å². The molecule has 1 heterocycles. The van der Waals surface area contributed by atoms with Crippen LogP contribution in [0, 0.1) is 0 Å². The van der Waals surface area contributed by atoms with Crippen LogP contribution >= 0.6 is 0 Å². The maximum Gasteiger partial charge on any atom is 0.407 e. The predicted molar refractivity (Wildman–Crippen MR) is 85.5 cm³/mol. The van der Waals surface area contributed by atoms with Crippen LogP contribution in [0.15, 0.2) is 0 Å². The number of hydrogen-bond donors (Lipinski definition) is 2. The molecule has 1 saturated heterocycles. The van der Waals surface area contributed by atoms with Crippen LogP contribution in [-0.4, -0.2) is 72.7 Å². The molecule has 0 aromatic carbocycles. The third-order valence-electron chi connectivity index (χ3n) is 3.54. The summed E-state index contributed by atoms with van der Waals surface area (Å²) >= 11 is 0. The molecule has 0 aliphatic carbocycles. The summed E-state index contributed by atoms with van der Waals surface area (Å²) in [5.74, 6) is 0.0361. The summed E-state index contributed by atoms with van der Waals surface area (Å²) in [6.07, 6.45) is 0.272. The standard InChI is InChI=1S/C15H30N4O3/c1-5-12(16)13(20)19-10-8-18(9-11-19)7-6-17-14(21)22-15(2,3)4/h12H,5-11,16H2,1-4H3,(H,17,21)/t12-/m0/s1. The van der Waals surface area contributed by atoms with Crippen molar-refractivity contribution in [2.75, 3.05) is 39.3 Å². The molecule has 1 rings (SSSR count). The smallest absolute Gasteiger partial charge is 0.407 e. The molecule has 0 aromatic rings. The summed E-state index contributed by atoms with van der Waals surface area (Å²) in [5.41, 5.74) is 5.30. The van der Waals surface area contributed by atoms with Crippen LogP contribution in [0.2, 0.25) is 0 Å². The SMILES string of the molecule is CC[C@H](N)C(=O)N1CCN(CCNC(=O)OC(C)(C)C)CC1. The molecule has 7 nitrogen and oxygen atoms in total. The van der Waals surface area contributed by atoms with Gasteiger partial charge in [0.25, 0.3) is 0 Å². The van der Waals surface area contributed by atoms with Gasteiger partial charge >= 0.3 is 6.09 Å². The number of nitrogens with one attached hydrogen (secondary N) is 1. The van der Waals surface area contributed by atoms with Crippen molar-refractivity contribution in [3.8, 4) is 0 Å². The Bertz CT molecular complexity index is 373. The van der Waals surface area contributed by atoms with E-state index in [1.165, 1.54) is 0 Å². The fourth-order valence-corrected chi connectivity index (χ4v) is 2.23. The van der Waals surface area contributed by atoms with Gasteiger partial charge in [0, 0.05) is 39.3 Å². The third kappa shape index (κ3) is 6.62. The van der Waals surface area contributed by atoms with E-state index in [1.54, 1.807) is 0 Å². The predicted octanol–water partition coefficient (Wildman–Crippen LogP) is 0.393. The number of alkyl carbamates (subject to hydrolysis) is 1. The number of nitrogens with zero attached hydrogens (tertiary/aromatic N) is 2. The zero-order chi connectivity index (χ0) is 16.8. The van der Waals surface area contributed by atoms with Crippen LogP contribution in [-0.2, 0) is 9.53 Å². The zero-order valence-electron chi connectivity index (χ0n) is 14.2. The lowest BCUT2D eigenvalue weighted by Gasteiger charge is -2.35. The summed E-state index contributed by atoms with van der Waals surface area (Å²) in [4.78, 5) is 27.6. The molecule has 2 amide bonds. The summed E-state index contributed by atoms with van der Waals surface area (Å²) in [5, 5.41) is 2.74. The van der Waals surface area contributed by atoms with Crippen molar-refractivity contribution in [1.82, 2.24) is 15.1 Å². The van der Waals surface area contributed by atoms with E-state index in [-0.39, 0.29) is 11.9 Å². The van der Waals surface area contributed by atoms with Crippen molar-refractivity contribution < 1.29 is 14.3 Å². The average molecular weight is 314 g/mol. The average Bonchev–Trinajstić information content (AvgIpc) is 2.44. The normalized spacial score (nSPS) is 18.0. The number of hydrogen-bond acceptors (Lipinski definition) is 5. The number of rotatable bonds is 5. The van der Waals surface area contributed by atoms with Crippen LogP contribution in [0.25, 0.3) is 0 Å². The van der Waals surface area contributed by atoms with Gasteiger partial charge in [0.1, 0.15) is 5.60 Å². The zero-order valence-corrected chi connectivity index (χ0v) is 14.2. The van der Waals surface area contributed by atoms with E-state index < -0.39 is 11.7 Å². The molecule has 0 bridgehead atoms. The van der Waals surface area contributed by atoms with E-state index in [0.717, 1.165) is 19.6 Å². The lowest BCUT2D eigenvalue weighted by atomic mass is 10.2. The number of nitrogens with two attached hydrogens (primary N) is 1. The first kappa shape index (κ1) is 18.7. The van der Waals surface area contributed by atoms with Gasteiger partial charge in [-0.05, 0) is 27.2 Å². The highest BCUT2D eigenvalue weighted by atomic mass is 16.6. The van der Waals surface area contributed by atoms with Crippen molar-refractivity contribution in [3.63, 3.8) is 0 Å². The molecule has 22 heavy (non-hydrogen) atoms. The molecule has 0 unspecified atom stereocenters. The first-order valence-corrected chi connectivity index (χ1v) is 7.96. The van der Waals surface area contributed by atoms with E-state index in [4.69, 9.17) is 10.5 Å². The Hall–Kier alpha value is -1.34.